The van der Waals surface area contributed by atoms with Crippen molar-refractivity contribution < 1.29 is 4.74 Å². The number of rotatable bonds is 4. The quantitative estimate of drug-likeness (QED) is 0.771. The minimum atomic E-state index is -0.141. The number of benzene rings is 2. The first-order valence-corrected chi connectivity index (χ1v) is 6.61. The second-order valence-electron chi connectivity index (χ2n) is 4.63. The first kappa shape index (κ1) is 13.2. The lowest BCUT2D eigenvalue weighted by Crippen LogP contribution is -2.10. The van der Waals surface area contributed by atoms with Gasteiger partial charge in [-0.25, -0.2) is 4.98 Å². The normalized spacial score (nSPS) is 10.5. The van der Waals surface area contributed by atoms with E-state index in [-0.39, 0.29) is 5.56 Å². The lowest BCUT2D eigenvalue weighted by molar-refractivity contribution is 0.414. The number of hydrogen-bond donors (Lipinski definition) is 2. The molecule has 0 aliphatic carbocycles. The molecule has 0 radical (unpaired) electrons. The highest BCUT2D eigenvalue weighted by Crippen LogP contribution is 2.19. The third kappa shape index (κ3) is 2.72. The Morgan fingerprint density at radius 3 is 2.76 bits per heavy atom. The van der Waals surface area contributed by atoms with Crippen molar-refractivity contribution >= 4 is 16.6 Å². The molecule has 0 fully saturated rings. The second-order valence-corrected chi connectivity index (χ2v) is 4.63. The van der Waals surface area contributed by atoms with Crippen molar-refractivity contribution in [1.29, 1.82) is 0 Å². The van der Waals surface area contributed by atoms with E-state index >= 15 is 0 Å². The van der Waals surface area contributed by atoms with E-state index in [9.17, 15) is 4.79 Å². The number of hydrogen-bond acceptors (Lipinski definition) is 4. The number of methoxy groups -OCH3 is 1. The number of ether oxygens (including phenoxy) is 1. The standard InChI is InChI=1S/C16H15N3O2/c1-21-12-7-5-11(6-8-12)9-17-13-3-2-4-14-15(13)16(20)19-10-18-14/h2-8,10,17H,9H2,1H3,(H,18,19,20). The molecule has 0 unspecified atom stereocenters. The van der Waals surface area contributed by atoms with Gasteiger partial charge in [0.05, 0.1) is 24.3 Å². The average molecular weight is 281 g/mol. The molecule has 3 rings (SSSR count). The van der Waals surface area contributed by atoms with Crippen LogP contribution in [0.2, 0.25) is 0 Å². The zero-order valence-corrected chi connectivity index (χ0v) is 11.6. The maximum Gasteiger partial charge on any atom is 0.260 e. The lowest BCUT2D eigenvalue weighted by Gasteiger charge is -2.09. The van der Waals surface area contributed by atoms with Gasteiger partial charge in [-0.05, 0) is 29.8 Å². The predicted octanol–water partition coefficient (Wildman–Crippen LogP) is 2.54. The summed E-state index contributed by atoms with van der Waals surface area (Å²) in [6.07, 6.45) is 1.41. The zero-order chi connectivity index (χ0) is 14.7. The van der Waals surface area contributed by atoms with Gasteiger partial charge in [0, 0.05) is 12.2 Å². The van der Waals surface area contributed by atoms with Crippen LogP contribution >= 0.6 is 0 Å². The first-order chi connectivity index (χ1) is 10.3. The van der Waals surface area contributed by atoms with E-state index < -0.39 is 0 Å². The lowest BCUT2D eigenvalue weighted by atomic mass is 10.2. The Labute approximate surface area is 121 Å². The number of anilines is 1. The maximum absolute atomic E-state index is 11.9. The van der Waals surface area contributed by atoms with E-state index in [1.54, 1.807) is 7.11 Å². The molecule has 1 heterocycles. The first-order valence-electron chi connectivity index (χ1n) is 6.61. The smallest absolute Gasteiger partial charge is 0.260 e. The monoisotopic (exact) mass is 281 g/mol. The summed E-state index contributed by atoms with van der Waals surface area (Å²) in [5.41, 5.74) is 2.42. The summed E-state index contributed by atoms with van der Waals surface area (Å²) < 4.78 is 5.13. The van der Waals surface area contributed by atoms with E-state index in [0.717, 1.165) is 17.0 Å². The van der Waals surface area contributed by atoms with E-state index in [1.807, 2.05) is 42.5 Å². The Morgan fingerprint density at radius 2 is 2.00 bits per heavy atom. The second kappa shape index (κ2) is 5.66. The van der Waals surface area contributed by atoms with Crippen LogP contribution in [-0.2, 0) is 6.54 Å². The average Bonchev–Trinajstić information content (AvgIpc) is 2.53. The number of nitrogens with one attached hydrogen (secondary N) is 2. The third-order valence-electron chi connectivity index (χ3n) is 3.31. The summed E-state index contributed by atoms with van der Waals surface area (Å²) in [5, 5.41) is 3.86. The fourth-order valence-corrected chi connectivity index (χ4v) is 2.21. The van der Waals surface area contributed by atoms with Crippen LogP contribution in [0.1, 0.15) is 5.56 Å². The van der Waals surface area contributed by atoms with Crippen molar-refractivity contribution in [3.63, 3.8) is 0 Å². The van der Waals surface area contributed by atoms with Crippen molar-refractivity contribution in [2.45, 2.75) is 6.54 Å². The Balaban J connectivity index is 1.86. The van der Waals surface area contributed by atoms with E-state index in [2.05, 4.69) is 15.3 Å². The molecule has 2 aromatic carbocycles. The SMILES string of the molecule is COc1ccc(CNc2cccc3nc[nH]c(=O)c23)cc1. The van der Waals surface area contributed by atoms with Crippen LogP contribution in [0.5, 0.6) is 5.75 Å². The molecule has 0 saturated heterocycles. The number of fused-ring (bicyclic) bond motifs is 1. The summed E-state index contributed by atoms with van der Waals surface area (Å²) in [6, 6.07) is 13.4. The minimum absolute atomic E-state index is 0.141. The van der Waals surface area contributed by atoms with Crippen LogP contribution < -0.4 is 15.6 Å². The molecule has 0 aliphatic heterocycles. The van der Waals surface area contributed by atoms with Gasteiger partial charge in [-0.1, -0.05) is 18.2 Å². The fraction of sp³-hybridized carbons (Fsp3) is 0.125. The van der Waals surface area contributed by atoms with Gasteiger partial charge >= 0.3 is 0 Å². The molecule has 1 aromatic heterocycles. The molecule has 5 heteroatoms. The molecule has 0 atom stereocenters. The van der Waals surface area contributed by atoms with Gasteiger partial charge in [0.15, 0.2) is 0 Å². The van der Waals surface area contributed by atoms with Crippen LogP contribution in [0.4, 0.5) is 5.69 Å². The highest BCUT2D eigenvalue weighted by molar-refractivity contribution is 5.90. The molecule has 3 aromatic rings. The van der Waals surface area contributed by atoms with Gasteiger partial charge in [0.25, 0.3) is 5.56 Å². The van der Waals surface area contributed by atoms with Crippen molar-refractivity contribution in [3.8, 4) is 5.75 Å². The van der Waals surface area contributed by atoms with Crippen LogP contribution in [0, 0.1) is 0 Å². The van der Waals surface area contributed by atoms with Crippen LogP contribution in [0.15, 0.2) is 53.6 Å². The van der Waals surface area contributed by atoms with Gasteiger partial charge in [0.1, 0.15) is 5.75 Å². The topological polar surface area (TPSA) is 67.0 Å². The zero-order valence-electron chi connectivity index (χ0n) is 11.6. The predicted molar refractivity (Wildman–Crippen MR) is 82.7 cm³/mol. The molecule has 21 heavy (non-hydrogen) atoms. The Kier molecular flexibility index (Phi) is 3.55. The van der Waals surface area contributed by atoms with Gasteiger partial charge in [-0.2, -0.15) is 0 Å². The Bertz CT molecular complexity index is 804. The van der Waals surface area contributed by atoms with E-state index in [4.69, 9.17) is 4.74 Å². The van der Waals surface area contributed by atoms with Gasteiger partial charge in [-0.15, -0.1) is 0 Å². The minimum Gasteiger partial charge on any atom is -0.497 e. The summed E-state index contributed by atoms with van der Waals surface area (Å²) in [4.78, 5) is 18.7. The molecule has 0 amide bonds. The molecular weight excluding hydrogens is 266 g/mol. The summed E-state index contributed by atoms with van der Waals surface area (Å²) in [6.45, 7) is 0.622. The van der Waals surface area contributed by atoms with Gasteiger partial charge in [0.2, 0.25) is 0 Å². The van der Waals surface area contributed by atoms with Gasteiger partial charge in [-0.3, -0.25) is 4.79 Å². The summed E-state index contributed by atoms with van der Waals surface area (Å²) in [5.74, 6) is 0.824. The van der Waals surface area contributed by atoms with Crippen molar-refractivity contribution in [2.24, 2.45) is 0 Å². The molecule has 0 aliphatic rings. The van der Waals surface area contributed by atoms with E-state index in [0.29, 0.717) is 17.4 Å². The van der Waals surface area contributed by atoms with E-state index in [1.165, 1.54) is 6.33 Å². The Morgan fingerprint density at radius 1 is 1.19 bits per heavy atom. The van der Waals surface area contributed by atoms with Gasteiger partial charge < -0.3 is 15.0 Å². The van der Waals surface area contributed by atoms with Crippen molar-refractivity contribution in [2.75, 3.05) is 12.4 Å². The molecule has 5 nitrogen and oxygen atoms in total. The third-order valence-corrected chi connectivity index (χ3v) is 3.31. The number of aromatic nitrogens is 2. The highest BCUT2D eigenvalue weighted by Gasteiger charge is 2.05. The molecule has 2 N–H and O–H groups in total. The molecular formula is C16H15N3O2. The number of aromatic amines is 1. The fourth-order valence-electron chi connectivity index (χ4n) is 2.21. The van der Waals surface area contributed by atoms with Crippen LogP contribution in [-0.4, -0.2) is 17.1 Å². The molecule has 0 spiro atoms. The molecule has 0 saturated carbocycles. The number of H-pyrrole nitrogens is 1. The summed E-state index contributed by atoms with van der Waals surface area (Å²) >= 11 is 0. The van der Waals surface area contributed by atoms with Crippen molar-refractivity contribution in [3.05, 3.63) is 64.7 Å². The Hall–Kier alpha value is -2.82. The van der Waals surface area contributed by atoms with Crippen LogP contribution in [0.25, 0.3) is 10.9 Å². The largest absolute Gasteiger partial charge is 0.497 e. The molecule has 0 bridgehead atoms. The molecule has 106 valence electrons. The van der Waals surface area contributed by atoms with Crippen LogP contribution in [0.3, 0.4) is 0 Å². The highest BCUT2D eigenvalue weighted by atomic mass is 16.5. The number of nitrogens with zero attached hydrogens (tertiary/aromatic N) is 1. The maximum atomic E-state index is 11.9. The van der Waals surface area contributed by atoms with Crippen molar-refractivity contribution in [1.82, 2.24) is 9.97 Å². The summed E-state index contributed by atoms with van der Waals surface area (Å²) in [7, 11) is 1.64.